The van der Waals surface area contributed by atoms with E-state index in [0.29, 0.717) is 40.2 Å². The first-order valence-corrected chi connectivity index (χ1v) is 9.44. The number of hydrogen-bond donors (Lipinski definition) is 0. The van der Waals surface area contributed by atoms with Gasteiger partial charge in [0.15, 0.2) is 0 Å². The van der Waals surface area contributed by atoms with E-state index in [4.69, 9.17) is 11.6 Å². The molecule has 3 aromatic carbocycles. The maximum Gasteiger partial charge on any atom is 0.265 e. The summed E-state index contributed by atoms with van der Waals surface area (Å²) >= 11 is 6.06. The zero-order chi connectivity index (χ0) is 19.4. The molecule has 0 radical (unpaired) electrons. The van der Waals surface area contributed by atoms with Gasteiger partial charge in [-0.05, 0) is 42.8 Å². The molecule has 6 heteroatoms. The smallest absolute Gasteiger partial charge is 0.265 e. The summed E-state index contributed by atoms with van der Waals surface area (Å²) in [6, 6.07) is 15.5. The van der Waals surface area contributed by atoms with Crippen molar-refractivity contribution in [1.29, 1.82) is 0 Å². The lowest BCUT2D eigenvalue weighted by Crippen LogP contribution is -2.40. The fourth-order valence-electron chi connectivity index (χ4n) is 4.07. The summed E-state index contributed by atoms with van der Waals surface area (Å²) in [5.74, 6) is -0.722. The first-order valence-electron chi connectivity index (χ1n) is 9.07. The van der Waals surface area contributed by atoms with Gasteiger partial charge in [-0.1, -0.05) is 29.8 Å². The molecule has 5 nitrogen and oxygen atoms in total. The average Bonchev–Trinajstić information content (AvgIpc) is 3.11. The van der Waals surface area contributed by atoms with Gasteiger partial charge in [-0.2, -0.15) is 0 Å². The third kappa shape index (κ3) is 2.36. The lowest BCUT2D eigenvalue weighted by atomic mass is 9.92. The molecule has 0 aliphatic carbocycles. The molecule has 0 unspecified atom stereocenters. The Morgan fingerprint density at radius 2 is 1.61 bits per heavy atom. The van der Waals surface area contributed by atoms with Gasteiger partial charge in [-0.3, -0.25) is 14.4 Å². The molecule has 1 fully saturated rings. The van der Waals surface area contributed by atoms with Crippen LogP contribution in [-0.4, -0.2) is 24.3 Å². The van der Waals surface area contributed by atoms with E-state index < -0.39 is 11.8 Å². The molecule has 0 saturated carbocycles. The van der Waals surface area contributed by atoms with E-state index in [1.165, 1.54) is 0 Å². The normalized spacial score (nSPS) is 16.4. The number of anilines is 2. The van der Waals surface area contributed by atoms with Gasteiger partial charge in [-0.25, -0.2) is 4.90 Å². The van der Waals surface area contributed by atoms with E-state index in [9.17, 15) is 14.4 Å². The Morgan fingerprint density at radius 1 is 0.857 bits per heavy atom. The molecule has 1 saturated heterocycles. The van der Waals surface area contributed by atoms with Gasteiger partial charge in [-0.15, -0.1) is 0 Å². The second-order valence-corrected chi connectivity index (χ2v) is 7.37. The highest BCUT2D eigenvalue weighted by Crippen LogP contribution is 2.38. The Bertz CT molecular complexity index is 1170. The minimum absolute atomic E-state index is 0.0646. The molecule has 0 spiro atoms. The molecule has 3 aromatic rings. The highest BCUT2D eigenvalue weighted by molar-refractivity contribution is 6.37. The molecule has 28 heavy (non-hydrogen) atoms. The van der Waals surface area contributed by atoms with Crippen molar-refractivity contribution < 1.29 is 14.4 Å². The van der Waals surface area contributed by atoms with Crippen LogP contribution in [0.3, 0.4) is 0 Å². The molecular weight excluding hydrogens is 376 g/mol. The molecule has 0 bridgehead atoms. The van der Waals surface area contributed by atoms with Crippen molar-refractivity contribution in [2.45, 2.75) is 12.8 Å². The summed E-state index contributed by atoms with van der Waals surface area (Å²) in [6.45, 7) is 0.647. The summed E-state index contributed by atoms with van der Waals surface area (Å²) in [5, 5.41) is 1.80. The van der Waals surface area contributed by atoms with Crippen LogP contribution in [0.25, 0.3) is 10.8 Å². The molecule has 2 aliphatic rings. The number of nitrogens with zero attached hydrogens (tertiary/aromatic N) is 2. The van der Waals surface area contributed by atoms with Crippen LogP contribution in [0, 0.1) is 0 Å². The summed E-state index contributed by atoms with van der Waals surface area (Å²) in [6.07, 6.45) is 1.32. The lowest BCUT2D eigenvalue weighted by molar-refractivity contribution is -0.117. The Labute approximate surface area is 166 Å². The van der Waals surface area contributed by atoms with E-state index in [2.05, 4.69) is 0 Å². The average molecular weight is 391 g/mol. The van der Waals surface area contributed by atoms with E-state index in [-0.39, 0.29) is 5.91 Å². The maximum absolute atomic E-state index is 13.2. The first kappa shape index (κ1) is 17.0. The quantitative estimate of drug-likeness (QED) is 0.608. The van der Waals surface area contributed by atoms with Gasteiger partial charge >= 0.3 is 0 Å². The Hall–Kier alpha value is -3.18. The van der Waals surface area contributed by atoms with Crippen LogP contribution in [0.1, 0.15) is 33.6 Å². The predicted octanol–water partition coefficient (Wildman–Crippen LogP) is 4.42. The number of carbonyl (C=O) groups excluding carboxylic acids is 3. The predicted molar refractivity (Wildman–Crippen MR) is 108 cm³/mol. The Morgan fingerprint density at radius 3 is 2.32 bits per heavy atom. The molecule has 5 rings (SSSR count). The molecule has 0 atom stereocenters. The van der Waals surface area contributed by atoms with Crippen molar-refractivity contribution >= 4 is 51.5 Å². The van der Waals surface area contributed by atoms with E-state index in [1.54, 1.807) is 53.4 Å². The molecule has 138 valence electrons. The van der Waals surface area contributed by atoms with Gasteiger partial charge in [0, 0.05) is 39.9 Å². The van der Waals surface area contributed by atoms with Crippen molar-refractivity contribution in [3.63, 3.8) is 0 Å². The molecule has 2 heterocycles. The number of imide groups is 1. The third-order valence-electron chi connectivity index (χ3n) is 5.32. The molecule has 0 aromatic heterocycles. The Kier molecular flexibility index (Phi) is 3.74. The standard InChI is InChI=1S/C22H15ClN2O3/c23-13-4-1-5-14(12-13)25-21(27)16-7-2-6-15-18(24-11-3-8-19(24)26)10-9-17(20(15)16)22(25)28/h1-2,4-7,9-10,12H,3,8,11H2. The lowest BCUT2D eigenvalue weighted by Gasteiger charge is -2.29. The van der Waals surface area contributed by atoms with Crippen molar-refractivity contribution in [3.8, 4) is 0 Å². The van der Waals surface area contributed by atoms with Crippen LogP contribution in [0.15, 0.2) is 54.6 Å². The summed E-state index contributed by atoms with van der Waals surface area (Å²) in [7, 11) is 0. The third-order valence-corrected chi connectivity index (χ3v) is 5.55. The highest BCUT2D eigenvalue weighted by Gasteiger charge is 2.35. The Balaban J connectivity index is 1.72. The second kappa shape index (κ2) is 6.17. The van der Waals surface area contributed by atoms with Crippen LogP contribution >= 0.6 is 11.6 Å². The molecule has 2 aliphatic heterocycles. The van der Waals surface area contributed by atoms with E-state index >= 15 is 0 Å². The summed E-state index contributed by atoms with van der Waals surface area (Å²) < 4.78 is 0. The van der Waals surface area contributed by atoms with E-state index in [1.807, 2.05) is 6.07 Å². The number of carbonyl (C=O) groups is 3. The number of halogens is 1. The number of rotatable bonds is 2. The minimum Gasteiger partial charge on any atom is -0.312 e. The fraction of sp³-hybridized carbons (Fsp3) is 0.136. The van der Waals surface area contributed by atoms with Crippen LogP contribution in [-0.2, 0) is 4.79 Å². The van der Waals surface area contributed by atoms with Gasteiger partial charge < -0.3 is 4.90 Å². The summed E-state index contributed by atoms with van der Waals surface area (Å²) in [5.41, 5.74) is 2.07. The number of benzene rings is 3. The maximum atomic E-state index is 13.2. The number of hydrogen-bond acceptors (Lipinski definition) is 3. The van der Waals surface area contributed by atoms with Crippen LogP contribution in [0.5, 0.6) is 0 Å². The zero-order valence-electron chi connectivity index (χ0n) is 14.8. The molecule has 3 amide bonds. The van der Waals surface area contributed by atoms with Crippen LogP contribution < -0.4 is 9.80 Å². The number of amides is 3. The van der Waals surface area contributed by atoms with Crippen molar-refractivity contribution in [3.05, 3.63) is 70.7 Å². The zero-order valence-corrected chi connectivity index (χ0v) is 15.6. The molecular formula is C22H15ClN2O3. The fourth-order valence-corrected chi connectivity index (χ4v) is 4.25. The first-order chi connectivity index (χ1) is 13.6. The second-order valence-electron chi connectivity index (χ2n) is 6.93. The monoisotopic (exact) mass is 390 g/mol. The van der Waals surface area contributed by atoms with Crippen molar-refractivity contribution in [2.24, 2.45) is 0 Å². The van der Waals surface area contributed by atoms with Gasteiger partial charge in [0.05, 0.1) is 11.4 Å². The largest absolute Gasteiger partial charge is 0.312 e. The van der Waals surface area contributed by atoms with Gasteiger partial charge in [0.25, 0.3) is 11.8 Å². The van der Waals surface area contributed by atoms with Crippen molar-refractivity contribution in [2.75, 3.05) is 16.3 Å². The minimum atomic E-state index is -0.393. The van der Waals surface area contributed by atoms with Crippen molar-refractivity contribution in [1.82, 2.24) is 0 Å². The highest BCUT2D eigenvalue weighted by atomic mass is 35.5. The topological polar surface area (TPSA) is 57.7 Å². The van der Waals surface area contributed by atoms with Crippen LogP contribution in [0.4, 0.5) is 11.4 Å². The SMILES string of the molecule is O=C1CCCN1c1ccc2c3c(cccc13)C(=O)N(c1cccc(Cl)c1)C2=O. The van der Waals surface area contributed by atoms with Gasteiger partial charge in [0.1, 0.15) is 0 Å². The van der Waals surface area contributed by atoms with Gasteiger partial charge in [0.2, 0.25) is 5.91 Å². The summed E-state index contributed by atoms with van der Waals surface area (Å²) in [4.78, 5) is 41.5. The van der Waals surface area contributed by atoms with Crippen LogP contribution in [0.2, 0.25) is 5.02 Å². The van der Waals surface area contributed by atoms with E-state index in [0.717, 1.165) is 22.4 Å². The molecule has 0 N–H and O–H groups in total.